The first-order valence-electron chi connectivity index (χ1n) is 6.61. The monoisotopic (exact) mass is 289 g/mol. The summed E-state index contributed by atoms with van der Waals surface area (Å²) in [6.45, 7) is 0.258. The molecule has 0 spiro atoms. The summed E-state index contributed by atoms with van der Waals surface area (Å²) in [5.41, 5.74) is 6.25. The predicted molar refractivity (Wildman–Crippen MR) is 80.8 cm³/mol. The minimum atomic E-state index is -0.743. The number of anilines is 1. The Morgan fingerprint density at radius 3 is 2.24 bits per heavy atom. The van der Waals surface area contributed by atoms with Gasteiger partial charge in [-0.05, 0) is 36.4 Å². The fourth-order valence-electron chi connectivity index (χ4n) is 1.73. The molecule has 2 aromatic carbocycles. The fraction of sp³-hybridized carbons (Fsp3) is 0.250. The maximum Gasteiger partial charge on any atom is 0.161 e. The lowest BCUT2D eigenvalue weighted by molar-refractivity contribution is 0.0617. The standard InChI is InChI=1S/C16H19NO4/c1-19-15-4-2-3-5-16(15)21-11-13(18)10-20-14-8-6-12(17)7-9-14/h2-9,13,18H,10-11,17H2,1H3. The summed E-state index contributed by atoms with van der Waals surface area (Å²) in [5.74, 6) is 1.87. The number of methoxy groups -OCH3 is 1. The maximum absolute atomic E-state index is 9.87. The van der Waals surface area contributed by atoms with Crippen LogP contribution in [0.4, 0.5) is 5.69 Å². The molecule has 112 valence electrons. The normalized spacial score (nSPS) is 11.7. The molecule has 2 aromatic rings. The molecule has 5 nitrogen and oxygen atoms in total. The van der Waals surface area contributed by atoms with E-state index >= 15 is 0 Å². The molecule has 1 atom stereocenters. The van der Waals surface area contributed by atoms with Crippen LogP contribution in [0.3, 0.4) is 0 Å². The van der Waals surface area contributed by atoms with Crippen LogP contribution in [0.25, 0.3) is 0 Å². The molecule has 0 heterocycles. The number of hydrogen-bond donors (Lipinski definition) is 2. The number of ether oxygens (including phenoxy) is 3. The SMILES string of the molecule is COc1ccccc1OCC(O)COc1ccc(N)cc1. The number of aliphatic hydroxyl groups is 1. The molecule has 0 fully saturated rings. The summed E-state index contributed by atoms with van der Waals surface area (Å²) in [7, 11) is 1.57. The first-order valence-corrected chi connectivity index (χ1v) is 6.61. The maximum atomic E-state index is 9.87. The fourth-order valence-corrected chi connectivity index (χ4v) is 1.73. The minimum Gasteiger partial charge on any atom is -0.493 e. The Kier molecular flexibility index (Phi) is 5.29. The third-order valence-electron chi connectivity index (χ3n) is 2.82. The second-order valence-electron chi connectivity index (χ2n) is 4.50. The third-order valence-corrected chi connectivity index (χ3v) is 2.82. The average molecular weight is 289 g/mol. The molecular weight excluding hydrogens is 270 g/mol. The van der Waals surface area contributed by atoms with E-state index in [1.54, 1.807) is 43.5 Å². The van der Waals surface area contributed by atoms with Crippen molar-refractivity contribution in [3.63, 3.8) is 0 Å². The first-order chi connectivity index (χ1) is 10.2. The van der Waals surface area contributed by atoms with Crippen LogP contribution in [-0.4, -0.2) is 31.5 Å². The van der Waals surface area contributed by atoms with Crippen LogP contribution < -0.4 is 19.9 Å². The van der Waals surface area contributed by atoms with Crippen LogP contribution in [0.1, 0.15) is 0 Å². The van der Waals surface area contributed by atoms with Gasteiger partial charge in [-0.15, -0.1) is 0 Å². The van der Waals surface area contributed by atoms with E-state index in [0.717, 1.165) is 0 Å². The van der Waals surface area contributed by atoms with Crippen molar-refractivity contribution in [1.29, 1.82) is 0 Å². The van der Waals surface area contributed by atoms with E-state index in [2.05, 4.69) is 0 Å². The van der Waals surface area contributed by atoms with Crippen molar-refractivity contribution in [3.8, 4) is 17.2 Å². The largest absolute Gasteiger partial charge is 0.493 e. The lowest BCUT2D eigenvalue weighted by atomic mass is 10.3. The van der Waals surface area contributed by atoms with E-state index in [4.69, 9.17) is 19.9 Å². The highest BCUT2D eigenvalue weighted by Gasteiger charge is 2.09. The van der Waals surface area contributed by atoms with Crippen LogP contribution in [0.2, 0.25) is 0 Å². The molecule has 0 saturated carbocycles. The van der Waals surface area contributed by atoms with Crippen LogP contribution >= 0.6 is 0 Å². The summed E-state index contributed by atoms with van der Waals surface area (Å²) in [6, 6.07) is 14.3. The van der Waals surface area contributed by atoms with E-state index in [0.29, 0.717) is 22.9 Å². The van der Waals surface area contributed by atoms with Crippen LogP contribution in [0, 0.1) is 0 Å². The Morgan fingerprint density at radius 1 is 0.952 bits per heavy atom. The highest BCUT2D eigenvalue weighted by atomic mass is 16.5. The molecule has 3 N–H and O–H groups in total. The molecule has 0 amide bonds. The van der Waals surface area contributed by atoms with Gasteiger partial charge in [0.05, 0.1) is 7.11 Å². The van der Waals surface area contributed by atoms with Gasteiger partial charge in [-0.3, -0.25) is 0 Å². The summed E-state index contributed by atoms with van der Waals surface area (Å²) in [6.07, 6.45) is -0.743. The van der Waals surface area contributed by atoms with Gasteiger partial charge >= 0.3 is 0 Å². The molecule has 0 radical (unpaired) electrons. The first kappa shape index (κ1) is 15.0. The van der Waals surface area contributed by atoms with Crippen LogP contribution in [0.5, 0.6) is 17.2 Å². The number of benzene rings is 2. The number of hydrogen-bond acceptors (Lipinski definition) is 5. The van der Waals surface area contributed by atoms with Crippen molar-refractivity contribution in [2.75, 3.05) is 26.1 Å². The lowest BCUT2D eigenvalue weighted by Crippen LogP contribution is -2.25. The smallest absolute Gasteiger partial charge is 0.161 e. The lowest BCUT2D eigenvalue weighted by Gasteiger charge is -2.15. The summed E-state index contributed by atoms with van der Waals surface area (Å²) < 4.78 is 16.1. The second-order valence-corrected chi connectivity index (χ2v) is 4.50. The van der Waals surface area contributed by atoms with Gasteiger partial charge in [-0.25, -0.2) is 0 Å². The number of nitrogens with two attached hydrogens (primary N) is 1. The van der Waals surface area contributed by atoms with E-state index < -0.39 is 6.10 Å². The zero-order chi connectivity index (χ0) is 15.1. The Morgan fingerprint density at radius 2 is 1.57 bits per heavy atom. The van der Waals surface area contributed by atoms with Crippen LogP contribution in [0.15, 0.2) is 48.5 Å². The van der Waals surface area contributed by atoms with Gasteiger partial charge in [0.1, 0.15) is 25.1 Å². The summed E-state index contributed by atoms with van der Waals surface area (Å²) in [5, 5.41) is 9.87. The molecule has 0 bridgehead atoms. The van der Waals surface area contributed by atoms with Crippen molar-refractivity contribution in [2.24, 2.45) is 0 Å². The molecule has 0 aliphatic carbocycles. The topological polar surface area (TPSA) is 73.9 Å². The quantitative estimate of drug-likeness (QED) is 0.764. The van der Waals surface area contributed by atoms with Gasteiger partial charge in [0.15, 0.2) is 11.5 Å². The molecule has 0 saturated heterocycles. The van der Waals surface area contributed by atoms with E-state index in [1.165, 1.54) is 0 Å². The number of rotatable bonds is 7. The number of para-hydroxylation sites is 2. The summed E-state index contributed by atoms with van der Waals surface area (Å²) >= 11 is 0. The van der Waals surface area contributed by atoms with Crippen molar-refractivity contribution >= 4 is 5.69 Å². The number of nitrogen functional groups attached to an aromatic ring is 1. The Labute approximate surface area is 123 Å². The van der Waals surface area contributed by atoms with Crippen molar-refractivity contribution < 1.29 is 19.3 Å². The van der Waals surface area contributed by atoms with E-state index in [9.17, 15) is 5.11 Å². The van der Waals surface area contributed by atoms with Gasteiger partial charge in [0.2, 0.25) is 0 Å². The molecule has 2 rings (SSSR count). The minimum absolute atomic E-state index is 0.120. The van der Waals surface area contributed by atoms with Crippen LogP contribution in [-0.2, 0) is 0 Å². The highest BCUT2D eigenvalue weighted by Crippen LogP contribution is 2.25. The van der Waals surface area contributed by atoms with E-state index in [1.807, 2.05) is 12.1 Å². The van der Waals surface area contributed by atoms with Crippen molar-refractivity contribution in [2.45, 2.75) is 6.10 Å². The summed E-state index contributed by atoms with van der Waals surface area (Å²) in [4.78, 5) is 0. The second kappa shape index (κ2) is 7.40. The van der Waals surface area contributed by atoms with Gasteiger partial charge < -0.3 is 25.1 Å². The highest BCUT2D eigenvalue weighted by molar-refractivity contribution is 5.41. The zero-order valence-corrected chi connectivity index (χ0v) is 11.9. The molecule has 0 aliphatic heterocycles. The average Bonchev–Trinajstić information content (AvgIpc) is 2.52. The predicted octanol–water partition coefficient (Wildman–Crippen LogP) is 2.10. The Hall–Kier alpha value is -2.40. The van der Waals surface area contributed by atoms with Gasteiger partial charge in [-0.1, -0.05) is 12.1 Å². The van der Waals surface area contributed by atoms with Gasteiger partial charge in [0, 0.05) is 5.69 Å². The van der Waals surface area contributed by atoms with Gasteiger partial charge in [-0.2, -0.15) is 0 Å². The third kappa shape index (κ3) is 4.57. The molecule has 21 heavy (non-hydrogen) atoms. The Bertz CT molecular complexity index is 556. The Balaban J connectivity index is 1.79. The molecule has 0 aromatic heterocycles. The molecule has 1 unspecified atom stereocenters. The molecular formula is C16H19NO4. The zero-order valence-electron chi connectivity index (χ0n) is 11.9. The molecule has 5 heteroatoms. The number of aliphatic hydroxyl groups excluding tert-OH is 1. The van der Waals surface area contributed by atoms with Gasteiger partial charge in [0.25, 0.3) is 0 Å². The van der Waals surface area contributed by atoms with Crippen molar-refractivity contribution in [3.05, 3.63) is 48.5 Å². The molecule has 0 aliphatic rings. The van der Waals surface area contributed by atoms with Crippen molar-refractivity contribution in [1.82, 2.24) is 0 Å². The van der Waals surface area contributed by atoms with E-state index in [-0.39, 0.29) is 13.2 Å².